The van der Waals surface area contributed by atoms with Gasteiger partial charge in [-0.05, 0) is 46.5 Å². The number of alkyl halides is 1. The molecule has 100 valence electrons. The number of aryl methyl sites for hydroxylation is 1. The van der Waals surface area contributed by atoms with Crippen LogP contribution >= 0.6 is 23.2 Å². The maximum atomic E-state index is 6.73. The number of fused-ring (bicyclic) bond motifs is 1. The lowest BCUT2D eigenvalue weighted by atomic mass is 9.94. The molecule has 0 nitrogen and oxygen atoms in total. The molecule has 1 atom stereocenters. The van der Waals surface area contributed by atoms with Crippen molar-refractivity contribution < 1.29 is 0 Å². The van der Waals surface area contributed by atoms with Gasteiger partial charge >= 0.3 is 0 Å². The number of rotatable bonds is 2. The Morgan fingerprint density at radius 1 is 0.900 bits per heavy atom. The molecular weight excluding hydrogens is 287 g/mol. The molecule has 0 saturated heterocycles. The van der Waals surface area contributed by atoms with E-state index < -0.39 is 0 Å². The van der Waals surface area contributed by atoms with Gasteiger partial charge < -0.3 is 0 Å². The van der Waals surface area contributed by atoms with Crippen LogP contribution in [0.4, 0.5) is 0 Å². The molecule has 0 heterocycles. The summed E-state index contributed by atoms with van der Waals surface area (Å²) in [5, 5.41) is 2.93. The van der Waals surface area contributed by atoms with Crippen molar-refractivity contribution in [1.82, 2.24) is 0 Å². The predicted octanol–water partition coefficient (Wildman–Crippen LogP) is 6.13. The summed E-state index contributed by atoms with van der Waals surface area (Å²) in [6.45, 7) is 2.10. The van der Waals surface area contributed by atoms with E-state index in [2.05, 4.69) is 31.2 Å². The predicted molar refractivity (Wildman–Crippen MR) is 87.8 cm³/mol. The van der Waals surface area contributed by atoms with Gasteiger partial charge in [0.1, 0.15) is 0 Å². The fourth-order valence-corrected chi connectivity index (χ4v) is 3.20. The quantitative estimate of drug-likeness (QED) is 0.499. The lowest BCUT2D eigenvalue weighted by Crippen LogP contribution is -1.98. The van der Waals surface area contributed by atoms with Gasteiger partial charge in [-0.1, -0.05) is 60.1 Å². The molecule has 3 aromatic carbocycles. The molecule has 0 radical (unpaired) electrons. The van der Waals surface area contributed by atoms with Gasteiger partial charge in [-0.2, -0.15) is 0 Å². The highest BCUT2D eigenvalue weighted by Gasteiger charge is 2.16. The van der Waals surface area contributed by atoms with Gasteiger partial charge in [-0.3, -0.25) is 0 Å². The van der Waals surface area contributed by atoms with Crippen molar-refractivity contribution in [2.24, 2.45) is 0 Å². The first-order valence-corrected chi connectivity index (χ1v) is 7.36. The van der Waals surface area contributed by atoms with Crippen LogP contribution in [0.3, 0.4) is 0 Å². The molecule has 0 saturated carbocycles. The molecule has 0 N–H and O–H groups in total. The van der Waals surface area contributed by atoms with E-state index in [0.29, 0.717) is 5.02 Å². The van der Waals surface area contributed by atoms with Crippen LogP contribution in [0.25, 0.3) is 10.8 Å². The molecular formula is C18H14Cl2. The number of halogens is 2. The van der Waals surface area contributed by atoms with Crippen LogP contribution in [0, 0.1) is 6.92 Å². The minimum atomic E-state index is -0.195. The molecule has 0 bridgehead atoms. The highest BCUT2D eigenvalue weighted by atomic mass is 35.5. The summed E-state index contributed by atoms with van der Waals surface area (Å²) in [6.07, 6.45) is 0. The largest absolute Gasteiger partial charge is 0.113 e. The topological polar surface area (TPSA) is 0 Å². The van der Waals surface area contributed by atoms with Crippen molar-refractivity contribution in [2.75, 3.05) is 0 Å². The van der Waals surface area contributed by atoms with Crippen LogP contribution in [0.2, 0.25) is 5.02 Å². The van der Waals surface area contributed by atoms with Crippen molar-refractivity contribution in [3.63, 3.8) is 0 Å². The van der Waals surface area contributed by atoms with Crippen LogP contribution < -0.4 is 0 Å². The van der Waals surface area contributed by atoms with Crippen molar-refractivity contribution in [1.29, 1.82) is 0 Å². The summed E-state index contributed by atoms with van der Waals surface area (Å²) in [5.41, 5.74) is 3.38. The molecule has 0 aliphatic rings. The highest BCUT2D eigenvalue weighted by molar-refractivity contribution is 6.31. The molecule has 3 aromatic rings. The molecule has 0 aliphatic carbocycles. The summed E-state index contributed by atoms with van der Waals surface area (Å²) in [4.78, 5) is 0. The summed E-state index contributed by atoms with van der Waals surface area (Å²) in [6, 6.07) is 20.3. The minimum absolute atomic E-state index is 0.195. The first-order valence-electron chi connectivity index (χ1n) is 6.54. The van der Waals surface area contributed by atoms with Crippen LogP contribution in [0.1, 0.15) is 22.1 Å². The lowest BCUT2D eigenvalue weighted by molar-refractivity contribution is 1.13. The van der Waals surface area contributed by atoms with Crippen LogP contribution in [0.15, 0.2) is 60.7 Å². The highest BCUT2D eigenvalue weighted by Crippen LogP contribution is 2.36. The van der Waals surface area contributed by atoms with Crippen LogP contribution in [-0.4, -0.2) is 0 Å². The van der Waals surface area contributed by atoms with E-state index in [9.17, 15) is 0 Å². The standard InChI is InChI=1S/C18H14Cl2/c1-12-9-10-13-5-2-3-8-16(13)17(12)18(20)14-6-4-7-15(19)11-14/h2-11,18H,1H3. The Morgan fingerprint density at radius 2 is 1.70 bits per heavy atom. The van der Waals surface area contributed by atoms with E-state index in [0.717, 1.165) is 11.1 Å². The van der Waals surface area contributed by atoms with Crippen molar-refractivity contribution in [3.05, 3.63) is 82.4 Å². The van der Waals surface area contributed by atoms with E-state index >= 15 is 0 Å². The van der Waals surface area contributed by atoms with E-state index in [-0.39, 0.29) is 5.38 Å². The van der Waals surface area contributed by atoms with E-state index in [1.807, 2.05) is 36.4 Å². The number of hydrogen-bond donors (Lipinski definition) is 0. The summed E-state index contributed by atoms with van der Waals surface area (Å²) in [5.74, 6) is 0. The molecule has 0 aromatic heterocycles. The Kier molecular flexibility index (Phi) is 3.69. The van der Waals surface area contributed by atoms with Gasteiger partial charge in [0.2, 0.25) is 0 Å². The zero-order chi connectivity index (χ0) is 14.1. The zero-order valence-electron chi connectivity index (χ0n) is 11.1. The minimum Gasteiger partial charge on any atom is -0.113 e. The Bertz CT molecular complexity index is 762. The van der Waals surface area contributed by atoms with Crippen LogP contribution in [-0.2, 0) is 0 Å². The normalized spacial score (nSPS) is 12.6. The van der Waals surface area contributed by atoms with E-state index in [4.69, 9.17) is 23.2 Å². The third-order valence-corrected chi connectivity index (χ3v) is 4.29. The summed E-state index contributed by atoms with van der Waals surface area (Å²) < 4.78 is 0. The second-order valence-electron chi connectivity index (χ2n) is 4.93. The van der Waals surface area contributed by atoms with Crippen molar-refractivity contribution >= 4 is 34.0 Å². The molecule has 2 heteroatoms. The maximum absolute atomic E-state index is 6.73. The Balaban J connectivity index is 2.21. The average Bonchev–Trinajstić information content (AvgIpc) is 2.46. The van der Waals surface area contributed by atoms with Crippen LogP contribution in [0.5, 0.6) is 0 Å². The van der Waals surface area contributed by atoms with Gasteiger partial charge in [0.05, 0.1) is 5.38 Å². The van der Waals surface area contributed by atoms with E-state index in [1.165, 1.54) is 16.3 Å². The zero-order valence-corrected chi connectivity index (χ0v) is 12.6. The van der Waals surface area contributed by atoms with Crippen molar-refractivity contribution in [2.45, 2.75) is 12.3 Å². The fraction of sp³-hybridized carbons (Fsp3) is 0.111. The first-order chi connectivity index (χ1) is 9.66. The molecule has 0 aliphatic heterocycles. The Labute approximate surface area is 129 Å². The third-order valence-electron chi connectivity index (χ3n) is 3.58. The summed E-state index contributed by atoms with van der Waals surface area (Å²) in [7, 11) is 0. The smallest absolute Gasteiger partial charge is 0.0844 e. The Hall–Kier alpha value is -1.50. The molecule has 3 rings (SSSR count). The SMILES string of the molecule is Cc1ccc2ccccc2c1C(Cl)c1cccc(Cl)c1. The number of benzene rings is 3. The Morgan fingerprint density at radius 3 is 2.50 bits per heavy atom. The average molecular weight is 301 g/mol. The second-order valence-corrected chi connectivity index (χ2v) is 5.81. The van der Waals surface area contributed by atoms with E-state index in [1.54, 1.807) is 0 Å². The van der Waals surface area contributed by atoms with Crippen molar-refractivity contribution in [3.8, 4) is 0 Å². The molecule has 20 heavy (non-hydrogen) atoms. The van der Waals surface area contributed by atoms with Gasteiger partial charge in [-0.25, -0.2) is 0 Å². The van der Waals surface area contributed by atoms with Gasteiger partial charge in [0.25, 0.3) is 0 Å². The molecule has 0 spiro atoms. The lowest BCUT2D eigenvalue weighted by Gasteiger charge is -2.16. The number of hydrogen-bond acceptors (Lipinski definition) is 0. The molecule has 0 amide bonds. The monoisotopic (exact) mass is 300 g/mol. The third kappa shape index (κ3) is 2.42. The van der Waals surface area contributed by atoms with Gasteiger partial charge in [0, 0.05) is 5.02 Å². The van der Waals surface area contributed by atoms with Gasteiger partial charge in [0.15, 0.2) is 0 Å². The second kappa shape index (κ2) is 5.47. The summed E-state index contributed by atoms with van der Waals surface area (Å²) >= 11 is 12.8. The maximum Gasteiger partial charge on any atom is 0.0844 e. The first kappa shape index (κ1) is 13.5. The van der Waals surface area contributed by atoms with Gasteiger partial charge in [-0.15, -0.1) is 11.6 Å². The fourth-order valence-electron chi connectivity index (χ4n) is 2.57. The molecule has 0 fully saturated rings. The molecule has 1 unspecified atom stereocenters.